The average Bonchev–Trinajstić information content (AvgIpc) is 3.27. The zero-order valence-electron chi connectivity index (χ0n) is 20.9. The van der Waals surface area contributed by atoms with Crippen molar-refractivity contribution >= 4 is 10.1 Å². The quantitative estimate of drug-likeness (QED) is 0.184. The van der Waals surface area contributed by atoms with Crippen molar-refractivity contribution in [2.45, 2.75) is 32.2 Å². The molecule has 1 N–H and O–H groups in total. The molecule has 0 aliphatic heterocycles. The Morgan fingerprint density at radius 3 is 2.00 bits per heavy atom. The Hall–Kier alpha value is -3.62. The van der Waals surface area contributed by atoms with E-state index in [1.54, 1.807) is 0 Å². The Kier molecular flexibility index (Phi) is 7.94. The lowest BCUT2D eigenvalue weighted by Gasteiger charge is -2.23. The first kappa shape index (κ1) is 27.4. The highest BCUT2D eigenvalue weighted by atomic mass is 32.2. The molecule has 0 heterocycles. The molecule has 4 aromatic carbocycles. The topological polar surface area (TPSA) is 63.6 Å². The molecule has 0 radical (unpaired) electrons. The molecule has 4 nitrogen and oxygen atoms in total. The SMILES string of the molecule is CCOc1c(-c2ccccc2)c(Cc2ccccc2)c(C)c2c1-c1ccccc1C2.O=S(=O)(O)C(F)(F)F. The maximum Gasteiger partial charge on any atom is 0.522 e. The van der Waals surface area contributed by atoms with E-state index >= 15 is 0 Å². The molecule has 8 heteroatoms. The van der Waals surface area contributed by atoms with Crippen molar-refractivity contribution in [2.75, 3.05) is 6.61 Å². The summed E-state index contributed by atoms with van der Waals surface area (Å²) in [5, 5.41) is 0. The van der Waals surface area contributed by atoms with Crippen LogP contribution in [0.15, 0.2) is 84.9 Å². The van der Waals surface area contributed by atoms with Gasteiger partial charge < -0.3 is 4.74 Å². The number of rotatable bonds is 5. The van der Waals surface area contributed by atoms with E-state index < -0.39 is 15.6 Å². The third-order valence-electron chi connectivity index (χ3n) is 6.48. The minimum absolute atomic E-state index is 0.655. The molecule has 0 atom stereocenters. The molecule has 4 aromatic rings. The number of benzene rings is 4. The minimum atomic E-state index is -5.84. The van der Waals surface area contributed by atoms with Gasteiger partial charge in [-0.3, -0.25) is 4.55 Å². The summed E-state index contributed by atoms with van der Waals surface area (Å²) < 4.78 is 64.0. The smallest absolute Gasteiger partial charge is 0.493 e. The largest absolute Gasteiger partial charge is 0.522 e. The summed E-state index contributed by atoms with van der Waals surface area (Å²) in [6.07, 6.45) is 1.88. The Balaban J connectivity index is 0.000000368. The van der Waals surface area contributed by atoms with Crippen LogP contribution in [-0.4, -0.2) is 25.1 Å². The molecule has 0 fully saturated rings. The van der Waals surface area contributed by atoms with Crippen molar-refractivity contribution in [3.05, 3.63) is 113 Å². The molecule has 38 heavy (non-hydrogen) atoms. The molecule has 1 aliphatic carbocycles. The van der Waals surface area contributed by atoms with Crippen LogP contribution in [0, 0.1) is 6.92 Å². The number of hydrogen-bond donors (Lipinski definition) is 1. The first-order valence-electron chi connectivity index (χ1n) is 12.0. The van der Waals surface area contributed by atoms with Crippen molar-refractivity contribution in [3.63, 3.8) is 0 Å². The Bertz CT molecular complexity index is 1530. The highest BCUT2D eigenvalue weighted by molar-refractivity contribution is 7.86. The van der Waals surface area contributed by atoms with Gasteiger partial charge in [-0.2, -0.15) is 21.6 Å². The van der Waals surface area contributed by atoms with Gasteiger partial charge in [0.15, 0.2) is 0 Å². The molecule has 0 bridgehead atoms. The van der Waals surface area contributed by atoms with Gasteiger partial charge in [0.2, 0.25) is 0 Å². The Morgan fingerprint density at radius 2 is 1.42 bits per heavy atom. The number of alkyl halides is 3. The summed E-state index contributed by atoms with van der Waals surface area (Å²) in [5.74, 6) is 1.04. The second-order valence-electron chi connectivity index (χ2n) is 8.88. The Morgan fingerprint density at radius 1 is 0.868 bits per heavy atom. The maximum absolute atomic E-state index is 10.7. The number of ether oxygens (including phenoxy) is 1. The second-order valence-corrected chi connectivity index (χ2v) is 10.3. The normalized spacial score (nSPS) is 12.3. The van der Waals surface area contributed by atoms with Gasteiger partial charge >= 0.3 is 15.6 Å². The zero-order valence-corrected chi connectivity index (χ0v) is 21.7. The molecule has 5 rings (SSSR count). The predicted octanol–water partition coefficient (Wildman–Crippen LogP) is 7.62. The van der Waals surface area contributed by atoms with Crippen LogP contribution >= 0.6 is 0 Å². The molecule has 0 unspecified atom stereocenters. The molecule has 0 aromatic heterocycles. The fourth-order valence-corrected chi connectivity index (χ4v) is 4.79. The molecule has 1 aliphatic rings. The number of fused-ring (bicyclic) bond motifs is 3. The van der Waals surface area contributed by atoms with Crippen molar-refractivity contribution < 1.29 is 30.9 Å². The summed E-state index contributed by atoms with van der Waals surface area (Å²) in [6, 6.07) is 30.3. The molecule has 0 saturated carbocycles. The van der Waals surface area contributed by atoms with E-state index in [9.17, 15) is 13.2 Å². The minimum Gasteiger partial charge on any atom is -0.493 e. The van der Waals surface area contributed by atoms with Crippen LogP contribution in [-0.2, 0) is 23.0 Å². The molecule has 0 saturated heterocycles. The number of hydrogen-bond acceptors (Lipinski definition) is 3. The summed E-state index contributed by atoms with van der Waals surface area (Å²) >= 11 is 0. The van der Waals surface area contributed by atoms with Gasteiger partial charge in [-0.25, -0.2) is 0 Å². The van der Waals surface area contributed by atoms with Crippen LogP contribution < -0.4 is 4.74 Å². The molecule has 0 amide bonds. The van der Waals surface area contributed by atoms with Crippen LogP contribution in [0.4, 0.5) is 13.2 Å². The van der Waals surface area contributed by atoms with E-state index in [1.165, 1.54) is 50.1 Å². The highest BCUT2D eigenvalue weighted by Crippen LogP contribution is 2.51. The number of halogens is 3. The van der Waals surface area contributed by atoms with Crippen LogP contribution in [0.2, 0.25) is 0 Å². The first-order valence-corrected chi connectivity index (χ1v) is 13.5. The van der Waals surface area contributed by atoms with E-state index in [1.807, 2.05) is 0 Å². The standard InChI is InChI=1S/C29H26O.CHF3O3S/c1-3-30-29-27(22-14-8-5-9-15-22)25(18-21-12-6-4-7-13-21)20(2)26-19-23-16-10-11-17-24(23)28(26)29;2-1(3,4)8(5,6)7/h4-17H,3,18-19H2,1-2H3;(H,5,6,7). The van der Waals surface area contributed by atoms with E-state index in [4.69, 9.17) is 17.7 Å². The predicted molar refractivity (Wildman–Crippen MR) is 143 cm³/mol. The molecule has 198 valence electrons. The highest BCUT2D eigenvalue weighted by Gasteiger charge is 2.44. The van der Waals surface area contributed by atoms with Gasteiger partial charge in [-0.15, -0.1) is 0 Å². The van der Waals surface area contributed by atoms with Crippen LogP contribution in [0.1, 0.15) is 34.7 Å². The van der Waals surface area contributed by atoms with E-state index in [-0.39, 0.29) is 0 Å². The van der Waals surface area contributed by atoms with Crippen LogP contribution in [0.5, 0.6) is 5.75 Å². The summed E-state index contributed by atoms with van der Waals surface area (Å²) in [6.45, 7) is 5.03. The second kappa shape index (κ2) is 11.0. The summed E-state index contributed by atoms with van der Waals surface area (Å²) in [7, 11) is -5.84. The van der Waals surface area contributed by atoms with Crippen molar-refractivity contribution in [1.29, 1.82) is 0 Å². The molecule has 0 spiro atoms. The lowest BCUT2D eigenvalue weighted by Crippen LogP contribution is -2.21. The fraction of sp³-hybridized carbons (Fsp3) is 0.200. The summed E-state index contributed by atoms with van der Waals surface area (Å²) in [5.41, 5.74) is 6.47. The van der Waals surface area contributed by atoms with Gasteiger partial charge in [-0.1, -0.05) is 84.9 Å². The van der Waals surface area contributed by atoms with E-state index in [0.29, 0.717) is 6.61 Å². The Labute approximate surface area is 220 Å². The summed E-state index contributed by atoms with van der Waals surface area (Å²) in [4.78, 5) is 0. The fourth-order valence-electron chi connectivity index (χ4n) is 4.79. The first-order chi connectivity index (χ1) is 18.0. The van der Waals surface area contributed by atoms with E-state index in [0.717, 1.165) is 18.6 Å². The van der Waals surface area contributed by atoms with Gasteiger partial charge in [0.1, 0.15) is 5.75 Å². The molecular weight excluding hydrogens is 513 g/mol. The van der Waals surface area contributed by atoms with Gasteiger partial charge in [-0.05, 0) is 65.6 Å². The van der Waals surface area contributed by atoms with Gasteiger partial charge in [0.05, 0.1) is 6.61 Å². The maximum atomic E-state index is 10.7. The third kappa shape index (κ3) is 5.61. The van der Waals surface area contributed by atoms with E-state index in [2.05, 4.69) is 98.8 Å². The van der Waals surface area contributed by atoms with Crippen LogP contribution in [0.3, 0.4) is 0 Å². The molecular formula is C30H27F3O4S. The van der Waals surface area contributed by atoms with Crippen LogP contribution in [0.25, 0.3) is 22.3 Å². The lowest BCUT2D eigenvalue weighted by atomic mass is 9.85. The lowest BCUT2D eigenvalue weighted by molar-refractivity contribution is -0.0510. The average molecular weight is 541 g/mol. The third-order valence-corrected chi connectivity index (χ3v) is 7.07. The zero-order chi connectivity index (χ0) is 27.5. The van der Waals surface area contributed by atoms with Gasteiger partial charge in [0.25, 0.3) is 0 Å². The van der Waals surface area contributed by atoms with Crippen molar-refractivity contribution in [1.82, 2.24) is 0 Å². The van der Waals surface area contributed by atoms with Crippen molar-refractivity contribution in [2.24, 2.45) is 0 Å². The monoisotopic (exact) mass is 540 g/mol. The van der Waals surface area contributed by atoms with Crippen molar-refractivity contribution in [3.8, 4) is 28.0 Å². The van der Waals surface area contributed by atoms with Gasteiger partial charge in [0, 0.05) is 11.1 Å².